The molecule has 0 saturated carbocycles. The van der Waals surface area contributed by atoms with Gasteiger partial charge in [0.05, 0.1) is 37.5 Å². The molecule has 0 spiro atoms. The number of carbonyl (C=O) groups is 2. The normalized spacial score (nSPS) is 30.9. The van der Waals surface area contributed by atoms with Crippen LogP contribution in [0, 0.1) is 5.92 Å². The molecule has 0 aromatic heterocycles. The molecule has 4 unspecified atom stereocenters. The fourth-order valence-corrected chi connectivity index (χ4v) is 5.61. The van der Waals surface area contributed by atoms with Gasteiger partial charge in [-0.25, -0.2) is 9.59 Å². The monoisotopic (exact) mass is 666 g/mol. The quantitative estimate of drug-likeness (QED) is 0.0645. The van der Waals surface area contributed by atoms with E-state index in [2.05, 4.69) is 10.6 Å². The van der Waals surface area contributed by atoms with Crippen molar-refractivity contribution in [3.05, 3.63) is 47.5 Å². The summed E-state index contributed by atoms with van der Waals surface area (Å²) < 4.78 is 28.1. The topological polar surface area (TPSA) is 278 Å². The van der Waals surface area contributed by atoms with Crippen molar-refractivity contribution < 1.29 is 63.9 Å². The zero-order chi connectivity index (χ0) is 34.4. The van der Waals surface area contributed by atoms with E-state index in [9.17, 15) is 40.2 Å². The van der Waals surface area contributed by atoms with Crippen LogP contribution in [-0.4, -0.2) is 138 Å². The van der Waals surface area contributed by atoms with Crippen molar-refractivity contribution in [3.63, 3.8) is 0 Å². The standard InChI is InChI=1S/C30H42N4O13/c1-33-23-21(46-22(26(38)27(23)39)12-45-29(41)16-8-14(32)4-6-19(16)36)10-43-9-17-20(47-30(42)24(34-2)25(17)37)11-44-28(40)15-7-13(31)3-5-18(15)35/h3-8,17,20-27,30,33-39,42H,9-12,31-32H2,1-2H3/t17-,20?,21+,22?,23?,24?,25-,26-,27+,30-/m1/s1. The van der Waals surface area contributed by atoms with Gasteiger partial charge in [0.15, 0.2) is 6.29 Å². The highest BCUT2D eigenvalue weighted by Crippen LogP contribution is 2.29. The van der Waals surface area contributed by atoms with E-state index < -0.39 is 86.1 Å². The third-order valence-corrected chi connectivity index (χ3v) is 8.25. The van der Waals surface area contributed by atoms with Crippen LogP contribution in [-0.2, 0) is 23.7 Å². The highest BCUT2D eigenvalue weighted by atomic mass is 16.6. The van der Waals surface area contributed by atoms with Crippen LogP contribution < -0.4 is 22.1 Å². The Morgan fingerprint density at radius 1 is 0.702 bits per heavy atom. The molecule has 2 fully saturated rings. The molecule has 0 amide bonds. The number of carbonyl (C=O) groups excluding carboxylic acids is 2. The molecule has 2 aliphatic heterocycles. The first-order valence-electron chi connectivity index (χ1n) is 14.8. The highest BCUT2D eigenvalue weighted by molar-refractivity contribution is 5.94. The Labute approximate surface area is 269 Å². The number of nitrogens with two attached hydrogens (primary N) is 2. The van der Waals surface area contributed by atoms with Gasteiger partial charge in [-0.15, -0.1) is 0 Å². The maximum atomic E-state index is 12.7. The molecule has 2 saturated heterocycles. The molecule has 2 aliphatic rings. The number of aromatic hydroxyl groups is 2. The van der Waals surface area contributed by atoms with Gasteiger partial charge in [-0.3, -0.25) is 0 Å². The molecule has 0 radical (unpaired) electrons. The largest absolute Gasteiger partial charge is 0.507 e. The molecule has 0 bridgehead atoms. The number of aliphatic hydroxyl groups excluding tert-OH is 4. The molecule has 12 N–H and O–H groups in total. The van der Waals surface area contributed by atoms with Crippen LogP contribution in [0.1, 0.15) is 20.7 Å². The Bertz CT molecular complexity index is 1380. The SMILES string of the molecule is CNC1[C@H](COC[C@@H]2C(COC(=O)c3cc(N)ccc3O)O[C@@H](O)C(NC)[C@@H]2O)OC(COC(=O)c2cc(N)ccc2O)[C@@H](O)[C@H]1O. The highest BCUT2D eigenvalue weighted by Gasteiger charge is 2.47. The van der Waals surface area contributed by atoms with Crippen LogP contribution in [0.15, 0.2) is 36.4 Å². The minimum atomic E-state index is -1.46. The van der Waals surface area contributed by atoms with Crippen molar-refractivity contribution in [1.29, 1.82) is 0 Å². The second-order valence-electron chi connectivity index (χ2n) is 11.3. The average Bonchev–Trinajstić information content (AvgIpc) is 3.04. The Kier molecular flexibility index (Phi) is 12.2. The molecule has 10 atom stereocenters. The number of ether oxygens (including phenoxy) is 5. The lowest BCUT2D eigenvalue weighted by Gasteiger charge is -2.44. The molecular formula is C30H42N4O13. The van der Waals surface area contributed by atoms with Crippen molar-refractivity contribution in [1.82, 2.24) is 10.6 Å². The fraction of sp³-hybridized carbons (Fsp3) is 0.533. The van der Waals surface area contributed by atoms with Gasteiger partial charge in [0.25, 0.3) is 0 Å². The second-order valence-corrected chi connectivity index (χ2v) is 11.3. The molecule has 260 valence electrons. The Balaban J connectivity index is 1.40. The van der Waals surface area contributed by atoms with Gasteiger partial charge in [0.1, 0.15) is 60.3 Å². The van der Waals surface area contributed by atoms with Gasteiger partial charge in [-0.1, -0.05) is 0 Å². The first kappa shape index (κ1) is 36.1. The van der Waals surface area contributed by atoms with E-state index in [1.165, 1.54) is 43.4 Å². The van der Waals surface area contributed by atoms with Gasteiger partial charge in [-0.2, -0.15) is 0 Å². The van der Waals surface area contributed by atoms with Gasteiger partial charge in [0, 0.05) is 17.3 Å². The van der Waals surface area contributed by atoms with E-state index >= 15 is 0 Å². The number of aliphatic hydroxyl groups is 4. The van der Waals surface area contributed by atoms with Crippen molar-refractivity contribution in [2.75, 3.05) is 52.0 Å². The summed E-state index contributed by atoms with van der Waals surface area (Å²) in [4.78, 5) is 25.2. The fourth-order valence-electron chi connectivity index (χ4n) is 5.61. The summed E-state index contributed by atoms with van der Waals surface area (Å²) in [5.74, 6) is -3.38. The number of likely N-dealkylation sites (N-methyl/N-ethyl adjacent to an activating group) is 2. The molecule has 0 aliphatic carbocycles. The third kappa shape index (κ3) is 8.39. The average molecular weight is 667 g/mol. The van der Waals surface area contributed by atoms with E-state index in [1.54, 1.807) is 7.05 Å². The summed E-state index contributed by atoms with van der Waals surface area (Å²) in [5, 5.41) is 68.7. The number of phenolic OH excluding ortho intramolecular Hbond substituents is 2. The van der Waals surface area contributed by atoms with Crippen LogP contribution in [0.25, 0.3) is 0 Å². The van der Waals surface area contributed by atoms with Crippen LogP contribution in [0.5, 0.6) is 11.5 Å². The number of esters is 2. The zero-order valence-corrected chi connectivity index (χ0v) is 25.8. The predicted molar refractivity (Wildman–Crippen MR) is 163 cm³/mol. The summed E-state index contributed by atoms with van der Waals surface area (Å²) in [6.07, 6.45) is -8.64. The molecule has 2 aromatic carbocycles. The Morgan fingerprint density at radius 2 is 1.23 bits per heavy atom. The number of rotatable bonds is 12. The number of benzene rings is 2. The van der Waals surface area contributed by atoms with Crippen LogP contribution in [0.4, 0.5) is 11.4 Å². The molecular weight excluding hydrogens is 624 g/mol. The maximum absolute atomic E-state index is 12.7. The summed E-state index contributed by atoms with van der Waals surface area (Å²) in [7, 11) is 3.06. The van der Waals surface area contributed by atoms with Gasteiger partial charge < -0.3 is 76.4 Å². The zero-order valence-electron chi connectivity index (χ0n) is 25.8. The molecule has 17 heteroatoms. The van der Waals surface area contributed by atoms with Crippen LogP contribution in [0.3, 0.4) is 0 Å². The van der Waals surface area contributed by atoms with E-state index in [4.69, 9.17) is 35.2 Å². The molecule has 2 heterocycles. The molecule has 47 heavy (non-hydrogen) atoms. The number of hydrogen-bond donors (Lipinski definition) is 10. The Hall–Kier alpha value is -3.78. The summed E-state index contributed by atoms with van der Waals surface area (Å²) in [6.45, 7) is -1.28. The first-order chi connectivity index (χ1) is 22.4. The minimum Gasteiger partial charge on any atom is -0.507 e. The summed E-state index contributed by atoms with van der Waals surface area (Å²) in [6, 6.07) is 6.02. The number of anilines is 2. The van der Waals surface area contributed by atoms with Crippen LogP contribution >= 0.6 is 0 Å². The third-order valence-electron chi connectivity index (χ3n) is 8.25. The number of phenols is 2. The van der Waals surface area contributed by atoms with E-state index in [-0.39, 0.29) is 47.2 Å². The van der Waals surface area contributed by atoms with Crippen molar-refractivity contribution >= 4 is 23.3 Å². The number of nitrogen functional groups attached to an aromatic ring is 2. The van der Waals surface area contributed by atoms with Gasteiger partial charge in [0.2, 0.25) is 0 Å². The van der Waals surface area contributed by atoms with Crippen LogP contribution in [0.2, 0.25) is 0 Å². The van der Waals surface area contributed by atoms with E-state index in [0.717, 1.165) is 0 Å². The van der Waals surface area contributed by atoms with Gasteiger partial charge in [-0.05, 0) is 50.5 Å². The summed E-state index contributed by atoms with van der Waals surface area (Å²) >= 11 is 0. The van der Waals surface area contributed by atoms with Gasteiger partial charge >= 0.3 is 11.9 Å². The number of nitrogens with one attached hydrogen (secondary N) is 2. The maximum Gasteiger partial charge on any atom is 0.342 e. The van der Waals surface area contributed by atoms with E-state index in [0.29, 0.717) is 0 Å². The lowest BCUT2D eigenvalue weighted by Crippen LogP contribution is -2.64. The second kappa shape index (κ2) is 15.9. The smallest absolute Gasteiger partial charge is 0.342 e. The summed E-state index contributed by atoms with van der Waals surface area (Å²) in [5.41, 5.74) is 11.5. The van der Waals surface area contributed by atoms with Crippen molar-refractivity contribution in [2.24, 2.45) is 5.92 Å². The van der Waals surface area contributed by atoms with E-state index in [1.807, 2.05) is 0 Å². The minimum absolute atomic E-state index is 0.180. The molecule has 4 rings (SSSR count). The Morgan fingerprint density at radius 3 is 1.77 bits per heavy atom. The lowest BCUT2D eigenvalue weighted by atomic mass is 9.88. The molecule has 17 nitrogen and oxygen atoms in total. The lowest BCUT2D eigenvalue weighted by molar-refractivity contribution is -0.248. The number of hydrogen-bond acceptors (Lipinski definition) is 17. The van der Waals surface area contributed by atoms with Crippen molar-refractivity contribution in [3.8, 4) is 11.5 Å². The predicted octanol–water partition coefficient (Wildman–Crippen LogP) is -2.35. The van der Waals surface area contributed by atoms with Crippen molar-refractivity contribution in [2.45, 2.75) is 55.0 Å². The first-order valence-corrected chi connectivity index (χ1v) is 14.8. The molecule has 2 aromatic rings.